The fraction of sp³-hybridized carbons (Fsp3) is 0.318. The number of ether oxygens (including phenoxy) is 1. The second-order valence-corrected chi connectivity index (χ2v) is 7.05. The number of benzene rings is 2. The van der Waals surface area contributed by atoms with Crippen molar-refractivity contribution in [2.75, 3.05) is 5.32 Å². The van der Waals surface area contributed by atoms with Gasteiger partial charge in [-0.1, -0.05) is 18.2 Å². The van der Waals surface area contributed by atoms with Crippen LogP contribution in [0.15, 0.2) is 42.5 Å². The number of carbonyl (C=O) groups is 3. The Labute approximate surface area is 164 Å². The van der Waals surface area contributed by atoms with Crippen LogP contribution >= 0.6 is 0 Å². The van der Waals surface area contributed by atoms with Crippen molar-refractivity contribution >= 4 is 23.5 Å². The average molecular weight is 380 g/mol. The summed E-state index contributed by atoms with van der Waals surface area (Å²) in [6.45, 7) is 1.53. The predicted octanol–water partition coefficient (Wildman–Crippen LogP) is 2.78. The Bertz CT molecular complexity index is 890. The highest BCUT2D eigenvalue weighted by Crippen LogP contribution is 2.22. The maximum atomic E-state index is 12.2. The van der Waals surface area contributed by atoms with Gasteiger partial charge in [0.25, 0.3) is 5.91 Å². The Morgan fingerprint density at radius 2 is 1.71 bits per heavy atom. The van der Waals surface area contributed by atoms with Crippen LogP contribution in [-0.4, -0.2) is 23.9 Å². The normalized spacial score (nSPS) is 13.9. The number of nitrogens with one attached hydrogen (secondary N) is 1. The number of fused-ring (bicyclic) bond motifs is 1. The molecule has 3 rings (SSSR count). The minimum atomic E-state index is -0.930. The van der Waals surface area contributed by atoms with Gasteiger partial charge in [0.1, 0.15) is 0 Å². The molecule has 28 heavy (non-hydrogen) atoms. The molecule has 6 nitrogen and oxygen atoms in total. The number of primary amides is 1. The first-order valence-electron chi connectivity index (χ1n) is 9.43. The van der Waals surface area contributed by atoms with Gasteiger partial charge in [0.05, 0.1) is 6.42 Å². The van der Waals surface area contributed by atoms with Gasteiger partial charge in [0, 0.05) is 11.3 Å². The third-order valence-corrected chi connectivity index (χ3v) is 4.88. The molecule has 1 aliphatic carbocycles. The van der Waals surface area contributed by atoms with E-state index in [1.165, 1.54) is 43.0 Å². The van der Waals surface area contributed by atoms with Crippen LogP contribution in [0.3, 0.4) is 0 Å². The van der Waals surface area contributed by atoms with Gasteiger partial charge in [0.2, 0.25) is 5.91 Å². The third-order valence-electron chi connectivity index (χ3n) is 4.88. The molecule has 0 saturated carbocycles. The fourth-order valence-corrected chi connectivity index (χ4v) is 3.32. The van der Waals surface area contributed by atoms with E-state index in [1.807, 2.05) is 6.07 Å². The van der Waals surface area contributed by atoms with Crippen molar-refractivity contribution < 1.29 is 19.1 Å². The van der Waals surface area contributed by atoms with Crippen molar-refractivity contribution in [2.24, 2.45) is 5.73 Å². The summed E-state index contributed by atoms with van der Waals surface area (Å²) in [6.07, 6.45) is 3.74. The first kappa shape index (κ1) is 19.6. The number of anilines is 1. The molecule has 1 aliphatic rings. The zero-order valence-electron chi connectivity index (χ0n) is 15.9. The molecule has 146 valence electrons. The van der Waals surface area contributed by atoms with Crippen LogP contribution in [0.1, 0.15) is 46.8 Å². The van der Waals surface area contributed by atoms with E-state index in [9.17, 15) is 14.4 Å². The number of hydrogen-bond acceptors (Lipinski definition) is 4. The monoisotopic (exact) mass is 380 g/mol. The molecule has 2 aromatic carbocycles. The van der Waals surface area contributed by atoms with Crippen molar-refractivity contribution in [3.8, 4) is 0 Å². The molecule has 1 atom stereocenters. The standard InChI is InChI=1S/C22H24N2O4/c1-14(22(27)24-19-10-8-17(9-11-19)21(23)26)28-20(25)13-15-6-7-16-4-2-3-5-18(16)12-15/h6-12,14H,2-5,13H2,1H3,(H2,23,26)(H,24,27)/t14-/m1/s1. The van der Waals surface area contributed by atoms with Gasteiger partial charge in [-0.3, -0.25) is 14.4 Å². The summed E-state index contributed by atoms with van der Waals surface area (Å²) in [7, 11) is 0. The topological polar surface area (TPSA) is 98.5 Å². The summed E-state index contributed by atoms with van der Waals surface area (Å²) >= 11 is 0. The molecule has 6 heteroatoms. The third kappa shape index (κ3) is 4.97. The van der Waals surface area contributed by atoms with E-state index in [-0.39, 0.29) is 6.42 Å². The highest BCUT2D eigenvalue weighted by molar-refractivity contribution is 5.96. The summed E-state index contributed by atoms with van der Waals surface area (Å²) in [5.41, 5.74) is 9.60. The summed E-state index contributed by atoms with van der Waals surface area (Å²) < 4.78 is 5.27. The molecule has 0 radical (unpaired) electrons. The molecule has 2 amide bonds. The molecule has 0 unspecified atom stereocenters. The highest BCUT2D eigenvalue weighted by atomic mass is 16.5. The van der Waals surface area contributed by atoms with Crippen molar-refractivity contribution in [1.29, 1.82) is 0 Å². The summed E-state index contributed by atoms with van der Waals surface area (Å²) in [4.78, 5) is 35.5. The number of rotatable bonds is 6. The molecule has 0 aromatic heterocycles. The van der Waals surface area contributed by atoms with Gasteiger partial charge in [-0.2, -0.15) is 0 Å². The van der Waals surface area contributed by atoms with E-state index in [2.05, 4.69) is 17.4 Å². The van der Waals surface area contributed by atoms with Crippen molar-refractivity contribution in [1.82, 2.24) is 0 Å². The lowest BCUT2D eigenvalue weighted by Crippen LogP contribution is -2.30. The molecular formula is C22H24N2O4. The number of hydrogen-bond donors (Lipinski definition) is 2. The van der Waals surface area contributed by atoms with E-state index in [0.29, 0.717) is 11.3 Å². The summed E-state index contributed by atoms with van der Waals surface area (Å²) in [6, 6.07) is 12.3. The zero-order valence-corrected chi connectivity index (χ0v) is 15.9. The summed E-state index contributed by atoms with van der Waals surface area (Å²) in [5.74, 6) is -1.42. The minimum absolute atomic E-state index is 0.137. The molecule has 2 aromatic rings. The Kier molecular flexibility index (Phi) is 6.09. The van der Waals surface area contributed by atoms with Crippen LogP contribution in [0.2, 0.25) is 0 Å². The Hall–Kier alpha value is -3.15. The van der Waals surface area contributed by atoms with Crippen LogP contribution in [0.25, 0.3) is 0 Å². The number of esters is 1. The predicted molar refractivity (Wildman–Crippen MR) is 106 cm³/mol. The van der Waals surface area contributed by atoms with Gasteiger partial charge >= 0.3 is 5.97 Å². The Balaban J connectivity index is 1.53. The Morgan fingerprint density at radius 3 is 2.39 bits per heavy atom. The molecular weight excluding hydrogens is 356 g/mol. The average Bonchev–Trinajstić information content (AvgIpc) is 2.68. The smallest absolute Gasteiger partial charge is 0.311 e. The first-order chi connectivity index (χ1) is 13.4. The van der Waals surface area contributed by atoms with Crippen LogP contribution < -0.4 is 11.1 Å². The molecule has 3 N–H and O–H groups in total. The van der Waals surface area contributed by atoms with Crippen molar-refractivity contribution in [3.63, 3.8) is 0 Å². The number of amides is 2. The molecule has 0 bridgehead atoms. The lowest BCUT2D eigenvalue weighted by molar-refractivity contribution is -0.152. The quantitative estimate of drug-likeness (QED) is 0.753. The number of carbonyl (C=O) groups excluding carboxylic acids is 3. The van der Waals surface area contributed by atoms with Gasteiger partial charge in [-0.05, 0) is 73.6 Å². The van der Waals surface area contributed by atoms with Crippen LogP contribution in [0, 0.1) is 0 Å². The van der Waals surface area contributed by atoms with Crippen LogP contribution in [0.4, 0.5) is 5.69 Å². The molecule has 0 heterocycles. The Morgan fingerprint density at radius 1 is 1.04 bits per heavy atom. The maximum absolute atomic E-state index is 12.2. The SMILES string of the molecule is C[C@@H](OC(=O)Cc1ccc2c(c1)CCCC2)C(=O)Nc1ccc(C(N)=O)cc1. The lowest BCUT2D eigenvalue weighted by atomic mass is 9.90. The molecule has 0 saturated heterocycles. The minimum Gasteiger partial charge on any atom is -0.452 e. The van der Waals surface area contributed by atoms with Crippen molar-refractivity contribution in [2.45, 2.75) is 45.1 Å². The largest absolute Gasteiger partial charge is 0.452 e. The maximum Gasteiger partial charge on any atom is 0.311 e. The van der Waals surface area contributed by atoms with Gasteiger partial charge in [0.15, 0.2) is 6.10 Å². The highest BCUT2D eigenvalue weighted by Gasteiger charge is 2.19. The lowest BCUT2D eigenvalue weighted by Gasteiger charge is -2.17. The van der Waals surface area contributed by atoms with Crippen molar-refractivity contribution in [3.05, 3.63) is 64.7 Å². The van der Waals surface area contributed by atoms with E-state index < -0.39 is 23.9 Å². The first-order valence-corrected chi connectivity index (χ1v) is 9.43. The van der Waals surface area contributed by atoms with E-state index in [0.717, 1.165) is 18.4 Å². The second-order valence-electron chi connectivity index (χ2n) is 7.05. The van der Waals surface area contributed by atoms with Gasteiger partial charge in [-0.25, -0.2) is 0 Å². The molecule has 0 spiro atoms. The van der Waals surface area contributed by atoms with Gasteiger partial charge < -0.3 is 15.8 Å². The van der Waals surface area contributed by atoms with Crippen LogP contribution in [0.5, 0.6) is 0 Å². The fourth-order valence-electron chi connectivity index (χ4n) is 3.32. The number of nitrogens with two attached hydrogens (primary N) is 1. The molecule has 0 aliphatic heterocycles. The van der Waals surface area contributed by atoms with E-state index in [1.54, 1.807) is 12.1 Å². The second kappa shape index (κ2) is 8.69. The van der Waals surface area contributed by atoms with Crippen LogP contribution in [-0.2, 0) is 33.6 Å². The summed E-state index contributed by atoms with van der Waals surface area (Å²) in [5, 5.41) is 2.65. The van der Waals surface area contributed by atoms with Gasteiger partial charge in [-0.15, -0.1) is 0 Å². The zero-order chi connectivity index (χ0) is 20.1. The van der Waals surface area contributed by atoms with E-state index >= 15 is 0 Å². The molecule has 0 fully saturated rings. The van der Waals surface area contributed by atoms with E-state index in [4.69, 9.17) is 10.5 Å². The number of aryl methyl sites for hydroxylation is 2.